The van der Waals surface area contributed by atoms with Gasteiger partial charge in [0, 0.05) is 29.7 Å². The number of hydrogen-bond acceptors (Lipinski definition) is 2. The summed E-state index contributed by atoms with van der Waals surface area (Å²) in [5, 5.41) is 0. The third-order valence-corrected chi connectivity index (χ3v) is 1.54. The number of rotatable bonds is 0. The fourth-order valence-electron chi connectivity index (χ4n) is 1.04. The van der Waals surface area contributed by atoms with Crippen molar-refractivity contribution in [3.05, 3.63) is 23.5 Å². The van der Waals surface area contributed by atoms with E-state index in [4.69, 9.17) is 0 Å². The van der Waals surface area contributed by atoms with Gasteiger partial charge < -0.3 is 4.98 Å². The average molecular weight is 134 g/mol. The second-order valence-electron chi connectivity index (χ2n) is 2.22. The van der Waals surface area contributed by atoms with Crippen LogP contribution in [0.25, 0.3) is 0 Å². The monoisotopic (exact) mass is 134 g/mol. The van der Waals surface area contributed by atoms with Crippen LogP contribution in [0.4, 0.5) is 0 Å². The van der Waals surface area contributed by atoms with Gasteiger partial charge in [-0.2, -0.15) is 0 Å². The predicted octanol–water partition coefficient (Wildman–Crippen LogP) is 0.630. The van der Waals surface area contributed by atoms with E-state index in [1.165, 1.54) is 0 Å². The molecule has 1 aromatic heterocycles. The van der Waals surface area contributed by atoms with Gasteiger partial charge in [-0.3, -0.25) is 9.79 Å². The largest absolute Gasteiger partial charge is 0.366 e. The minimum atomic E-state index is 0.0961. The molecule has 0 bridgehead atoms. The summed E-state index contributed by atoms with van der Waals surface area (Å²) in [5.74, 6) is 0.0961. The van der Waals surface area contributed by atoms with Gasteiger partial charge in [0.15, 0.2) is 5.78 Å². The summed E-state index contributed by atoms with van der Waals surface area (Å²) in [4.78, 5) is 17.7. The standard InChI is InChI=1S/C7H6N2O/c10-7-4-9-2-5-1-8-3-6(5)7/h1-3,8H,4H2. The number of nitrogens with one attached hydrogen (secondary N) is 1. The van der Waals surface area contributed by atoms with E-state index in [1.54, 1.807) is 18.6 Å². The normalized spacial score (nSPS) is 15.4. The lowest BCUT2D eigenvalue weighted by atomic mass is 10.1. The van der Waals surface area contributed by atoms with Crippen molar-refractivity contribution in [2.24, 2.45) is 4.99 Å². The van der Waals surface area contributed by atoms with Crippen LogP contribution >= 0.6 is 0 Å². The first-order chi connectivity index (χ1) is 4.88. The van der Waals surface area contributed by atoms with Gasteiger partial charge in [0.1, 0.15) is 6.54 Å². The van der Waals surface area contributed by atoms with E-state index in [0.717, 1.165) is 11.1 Å². The number of carbonyl (C=O) groups excluding carboxylic acids is 1. The Morgan fingerprint density at radius 1 is 1.50 bits per heavy atom. The summed E-state index contributed by atoms with van der Waals surface area (Å²) in [5.41, 5.74) is 1.66. The minimum Gasteiger partial charge on any atom is -0.366 e. The summed E-state index contributed by atoms with van der Waals surface area (Å²) in [6.07, 6.45) is 5.20. The number of fused-ring (bicyclic) bond motifs is 1. The highest BCUT2D eigenvalue weighted by atomic mass is 16.1. The van der Waals surface area contributed by atoms with Gasteiger partial charge in [-0.25, -0.2) is 0 Å². The van der Waals surface area contributed by atoms with Crippen molar-refractivity contribution in [2.45, 2.75) is 0 Å². The maximum Gasteiger partial charge on any atom is 0.186 e. The minimum absolute atomic E-state index is 0.0961. The summed E-state index contributed by atoms with van der Waals surface area (Å²) in [6, 6.07) is 0. The molecule has 0 saturated carbocycles. The van der Waals surface area contributed by atoms with Crippen molar-refractivity contribution in [1.29, 1.82) is 0 Å². The fourth-order valence-corrected chi connectivity index (χ4v) is 1.04. The van der Waals surface area contributed by atoms with E-state index in [0.29, 0.717) is 6.54 Å². The Kier molecular flexibility index (Phi) is 0.974. The van der Waals surface area contributed by atoms with E-state index < -0.39 is 0 Å². The van der Waals surface area contributed by atoms with Crippen LogP contribution in [0.1, 0.15) is 15.9 Å². The highest BCUT2D eigenvalue weighted by Crippen LogP contribution is 2.09. The third kappa shape index (κ3) is 0.603. The zero-order chi connectivity index (χ0) is 6.97. The second-order valence-corrected chi connectivity index (χ2v) is 2.22. The zero-order valence-corrected chi connectivity index (χ0v) is 5.29. The highest BCUT2D eigenvalue weighted by molar-refractivity contribution is 6.07. The summed E-state index contributed by atoms with van der Waals surface area (Å²) < 4.78 is 0. The number of nitrogens with zero attached hydrogens (tertiary/aromatic N) is 1. The van der Waals surface area contributed by atoms with Crippen molar-refractivity contribution in [3.8, 4) is 0 Å². The number of ketones is 1. The van der Waals surface area contributed by atoms with Crippen LogP contribution in [0.15, 0.2) is 17.4 Å². The first-order valence-corrected chi connectivity index (χ1v) is 3.08. The summed E-state index contributed by atoms with van der Waals surface area (Å²) in [6.45, 7) is 0.296. The Morgan fingerprint density at radius 2 is 2.40 bits per heavy atom. The first kappa shape index (κ1) is 5.41. The van der Waals surface area contributed by atoms with Crippen molar-refractivity contribution < 1.29 is 4.79 Å². The molecule has 2 rings (SSSR count). The highest BCUT2D eigenvalue weighted by Gasteiger charge is 2.13. The Bertz CT molecular complexity index is 298. The maximum absolute atomic E-state index is 11.0. The molecular weight excluding hydrogens is 128 g/mol. The molecule has 1 aromatic rings. The maximum atomic E-state index is 11.0. The Morgan fingerprint density at radius 3 is 3.20 bits per heavy atom. The predicted molar refractivity (Wildman–Crippen MR) is 37.6 cm³/mol. The molecule has 0 aliphatic carbocycles. The number of carbonyl (C=O) groups is 1. The van der Waals surface area contributed by atoms with Gasteiger partial charge in [-0.1, -0.05) is 0 Å². The molecule has 0 saturated heterocycles. The number of aromatic amines is 1. The topological polar surface area (TPSA) is 45.2 Å². The van der Waals surface area contributed by atoms with Gasteiger partial charge in [-0.05, 0) is 0 Å². The van der Waals surface area contributed by atoms with Crippen LogP contribution in [0, 0.1) is 0 Å². The molecule has 0 atom stereocenters. The summed E-state index contributed by atoms with van der Waals surface area (Å²) >= 11 is 0. The SMILES string of the molecule is O=C1CN=Cc2c[nH]cc21. The number of Topliss-reactive ketones (excluding diaryl/α,β-unsaturated/α-hetero) is 1. The van der Waals surface area contributed by atoms with Crippen molar-refractivity contribution >= 4 is 12.0 Å². The number of aromatic nitrogens is 1. The second kappa shape index (κ2) is 1.80. The molecular formula is C7H6N2O. The number of H-pyrrole nitrogens is 1. The molecule has 0 amide bonds. The Hall–Kier alpha value is -1.38. The van der Waals surface area contributed by atoms with Gasteiger partial charge >= 0.3 is 0 Å². The molecule has 3 heteroatoms. The van der Waals surface area contributed by atoms with E-state index in [2.05, 4.69) is 9.98 Å². The van der Waals surface area contributed by atoms with Gasteiger partial charge in [-0.15, -0.1) is 0 Å². The lowest BCUT2D eigenvalue weighted by molar-refractivity contribution is 0.100. The van der Waals surface area contributed by atoms with Crippen LogP contribution in [0.2, 0.25) is 0 Å². The first-order valence-electron chi connectivity index (χ1n) is 3.08. The van der Waals surface area contributed by atoms with Gasteiger partial charge in [0.2, 0.25) is 0 Å². The fraction of sp³-hybridized carbons (Fsp3) is 0.143. The molecule has 50 valence electrons. The van der Waals surface area contributed by atoms with E-state index in [-0.39, 0.29) is 5.78 Å². The molecule has 0 radical (unpaired) electrons. The van der Waals surface area contributed by atoms with Crippen molar-refractivity contribution in [2.75, 3.05) is 6.54 Å². The lowest BCUT2D eigenvalue weighted by Crippen LogP contribution is -2.09. The van der Waals surface area contributed by atoms with E-state index in [1.807, 2.05) is 0 Å². The molecule has 0 spiro atoms. The molecule has 0 unspecified atom stereocenters. The molecule has 0 aromatic carbocycles. The van der Waals surface area contributed by atoms with Crippen LogP contribution in [0.3, 0.4) is 0 Å². The van der Waals surface area contributed by atoms with Crippen LogP contribution < -0.4 is 0 Å². The van der Waals surface area contributed by atoms with Crippen molar-refractivity contribution in [1.82, 2.24) is 4.98 Å². The number of hydrogen-bond donors (Lipinski definition) is 1. The molecule has 0 fully saturated rings. The average Bonchev–Trinajstić information content (AvgIpc) is 2.36. The molecule has 10 heavy (non-hydrogen) atoms. The van der Waals surface area contributed by atoms with E-state index >= 15 is 0 Å². The van der Waals surface area contributed by atoms with Crippen LogP contribution in [-0.4, -0.2) is 23.5 Å². The molecule has 1 N–H and O–H groups in total. The Balaban J connectivity index is 2.62. The van der Waals surface area contributed by atoms with Crippen molar-refractivity contribution in [3.63, 3.8) is 0 Å². The van der Waals surface area contributed by atoms with Gasteiger partial charge in [0.25, 0.3) is 0 Å². The van der Waals surface area contributed by atoms with Crippen LogP contribution in [0.5, 0.6) is 0 Å². The Labute approximate surface area is 57.8 Å². The third-order valence-electron chi connectivity index (χ3n) is 1.54. The van der Waals surface area contributed by atoms with E-state index in [9.17, 15) is 4.79 Å². The molecule has 2 heterocycles. The lowest BCUT2D eigenvalue weighted by Gasteiger charge is -2.00. The molecule has 3 nitrogen and oxygen atoms in total. The zero-order valence-electron chi connectivity index (χ0n) is 5.29. The smallest absolute Gasteiger partial charge is 0.186 e. The van der Waals surface area contributed by atoms with Crippen LogP contribution in [-0.2, 0) is 0 Å². The number of aliphatic imine (C=N–C) groups is 1. The quantitative estimate of drug-likeness (QED) is 0.555. The molecule has 1 aliphatic rings. The van der Waals surface area contributed by atoms with Gasteiger partial charge in [0.05, 0.1) is 0 Å². The molecule has 1 aliphatic heterocycles. The summed E-state index contributed by atoms with van der Waals surface area (Å²) in [7, 11) is 0.